The average Bonchev–Trinajstić information content (AvgIpc) is 3.31. The second-order valence-electron chi connectivity index (χ2n) is 11.9. The summed E-state index contributed by atoms with van der Waals surface area (Å²) in [6, 6.07) is 0. The molecule has 0 unspecified atom stereocenters. The molecular weight excluding hydrogens is 404 g/mol. The van der Waals surface area contributed by atoms with Crippen molar-refractivity contribution in [3.05, 3.63) is 12.4 Å². The number of nitrogens with zero attached hydrogens (tertiary/aromatic N) is 2. The van der Waals surface area contributed by atoms with Gasteiger partial charge in [0.25, 0.3) is 0 Å². The Balaban J connectivity index is 1.32. The fourth-order valence-corrected chi connectivity index (χ4v) is 9.11. The standard InChI is InChI=1S/C26H40N2O2S/c1-16-11-20-18(19-7-9-25(2,30)12-21(16)19)8-10-26(3)22(20)5-6-23(26)24(29)15-28-14-17(31-4)13-27-28/h13-14,16,18-23,30H,5-12,15H2,1-4H3/t16-,18-,19-,20-,21-,22+,23-,25-,26+/m1/s1. The molecule has 0 saturated heterocycles. The van der Waals surface area contributed by atoms with Gasteiger partial charge >= 0.3 is 0 Å². The highest BCUT2D eigenvalue weighted by Gasteiger charge is 2.59. The number of carbonyl (C=O) groups excluding carboxylic acids is 1. The molecule has 4 fully saturated rings. The van der Waals surface area contributed by atoms with E-state index in [0.29, 0.717) is 30.1 Å². The topological polar surface area (TPSA) is 55.1 Å². The van der Waals surface area contributed by atoms with Crippen LogP contribution in [0.25, 0.3) is 0 Å². The van der Waals surface area contributed by atoms with Gasteiger partial charge in [0, 0.05) is 17.0 Å². The lowest BCUT2D eigenvalue weighted by molar-refractivity contribution is -0.136. The van der Waals surface area contributed by atoms with Gasteiger partial charge in [0.1, 0.15) is 0 Å². The molecule has 0 spiro atoms. The first-order chi connectivity index (χ1) is 14.7. The van der Waals surface area contributed by atoms with E-state index in [1.165, 1.54) is 32.1 Å². The van der Waals surface area contributed by atoms with E-state index < -0.39 is 5.60 Å². The molecule has 4 saturated carbocycles. The molecule has 1 heterocycles. The molecule has 4 aliphatic rings. The molecule has 1 aromatic heterocycles. The quantitative estimate of drug-likeness (QED) is 0.628. The first kappa shape index (κ1) is 22.0. The van der Waals surface area contributed by atoms with Gasteiger partial charge in [-0.05, 0) is 105 Å². The zero-order valence-electron chi connectivity index (χ0n) is 19.7. The average molecular weight is 445 g/mol. The predicted octanol–water partition coefficient (Wildman–Crippen LogP) is 5.44. The van der Waals surface area contributed by atoms with E-state index in [1.54, 1.807) is 11.8 Å². The van der Waals surface area contributed by atoms with Crippen LogP contribution in [0.15, 0.2) is 17.3 Å². The molecule has 5 rings (SSSR count). The monoisotopic (exact) mass is 444 g/mol. The number of fused-ring (bicyclic) bond motifs is 5. The van der Waals surface area contributed by atoms with Gasteiger partial charge in [0.15, 0.2) is 5.78 Å². The first-order valence-electron chi connectivity index (χ1n) is 12.5. The maximum Gasteiger partial charge on any atom is 0.157 e. The van der Waals surface area contributed by atoms with Crippen LogP contribution in [0, 0.1) is 46.8 Å². The number of aliphatic hydroxyl groups is 1. The minimum atomic E-state index is -0.459. The summed E-state index contributed by atoms with van der Waals surface area (Å²) < 4.78 is 1.84. The van der Waals surface area contributed by atoms with Crippen molar-refractivity contribution in [2.45, 2.75) is 89.2 Å². The van der Waals surface area contributed by atoms with Crippen LogP contribution in [0.2, 0.25) is 0 Å². The van der Waals surface area contributed by atoms with Crippen molar-refractivity contribution in [2.24, 2.45) is 46.8 Å². The van der Waals surface area contributed by atoms with Crippen LogP contribution in [0.1, 0.15) is 72.1 Å². The van der Waals surface area contributed by atoms with E-state index in [1.807, 2.05) is 23.3 Å². The molecule has 172 valence electrons. The number of carbonyl (C=O) groups is 1. The summed E-state index contributed by atoms with van der Waals surface area (Å²) in [7, 11) is 0. The van der Waals surface area contributed by atoms with Gasteiger partial charge in [-0.1, -0.05) is 13.8 Å². The van der Waals surface area contributed by atoms with Gasteiger partial charge < -0.3 is 5.11 Å². The molecule has 0 bridgehead atoms. The molecule has 4 nitrogen and oxygen atoms in total. The van der Waals surface area contributed by atoms with Crippen LogP contribution < -0.4 is 0 Å². The van der Waals surface area contributed by atoms with E-state index in [0.717, 1.165) is 41.9 Å². The fourth-order valence-electron chi connectivity index (χ4n) is 8.73. The molecule has 0 radical (unpaired) electrons. The zero-order chi connectivity index (χ0) is 22.0. The molecular formula is C26H40N2O2S. The Morgan fingerprint density at radius 1 is 1.16 bits per heavy atom. The van der Waals surface area contributed by atoms with Crippen molar-refractivity contribution in [3.8, 4) is 0 Å². The van der Waals surface area contributed by atoms with Gasteiger partial charge in [0.2, 0.25) is 0 Å². The molecule has 5 heteroatoms. The molecule has 0 aliphatic heterocycles. The summed E-state index contributed by atoms with van der Waals surface area (Å²) in [6.07, 6.45) is 15.2. The number of rotatable bonds is 4. The summed E-state index contributed by atoms with van der Waals surface area (Å²) in [6.45, 7) is 7.37. The Labute approximate surface area is 191 Å². The number of aromatic nitrogens is 2. The fraction of sp³-hybridized carbons (Fsp3) is 0.846. The zero-order valence-corrected chi connectivity index (χ0v) is 20.5. The lowest BCUT2D eigenvalue weighted by Crippen LogP contribution is -2.53. The van der Waals surface area contributed by atoms with Gasteiger partial charge in [0.05, 0.1) is 18.3 Å². The normalized spacial score (nSPS) is 46.8. The highest BCUT2D eigenvalue weighted by molar-refractivity contribution is 7.98. The molecule has 9 atom stereocenters. The summed E-state index contributed by atoms with van der Waals surface area (Å²) in [4.78, 5) is 14.5. The Morgan fingerprint density at radius 3 is 2.65 bits per heavy atom. The molecule has 4 aliphatic carbocycles. The maximum absolute atomic E-state index is 13.4. The minimum Gasteiger partial charge on any atom is -0.390 e. The molecule has 31 heavy (non-hydrogen) atoms. The van der Waals surface area contributed by atoms with E-state index in [9.17, 15) is 9.90 Å². The number of thioether (sulfide) groups is 1. The summed E-state index contributed by atoms with van der Waals surface area (Å²) >= 11 is 1.68. The number of hydrogen-bond donors (Lipinski definition) is 1. The van der Waals surface area contributed by atoms with E-state index in [2.05, 4.69) is 25.9 Å². The van der Waals surface area contributed by atoms with Crippen LogP contribution in [0.5, 0.6) is 0 Å². The van der Waals surface area contributed by atoms with Crippen LogP contribution in [-0.4, -0.2) is 32.5 Å². The highest BCUT2D eigenvalue weighted by Crippen LogP contribution is 2.65. The predicted molar refractivity (Wildman–Crippen MR) is 125 cm³/mol. The number of hydrogen-bond acceptors (Lipinski definition) is 4. The first-order valence-corrected chi connectivity index (χ1v) is 13.8. The third-order valence-electron chi connectivity index (χ3n) is 10.2. The summed E-state index contributed by atoms with van der Waals surface area (Å²) in [5.41, 5.74) is -0.292. The third kappa shape index (κ3) is 3.72. The smallest absolute Gasteiger partial charge is 0.157 e. The SMILES string of the molecule is CSc1cnn(CC(=O)[C@H]2CC[C@H]3[C@@H]4C[C@@H](C)[C@H]5C[C@](C)(O)CC[C@@H]5[C@H]4CC[C@]23C)c1. The Kier molecular flexibility index (Phi) is 5.61. The van der Waals surface area contributed by atoms with Crippen molar-refractivity contribution >= 4 is 17.5 Å². The van der Waals surface area contributed by atoms with Crippen molar-refractivity contribution < 1.29 is 9.90 Å². The second-order valence-corrected chi connectivity index (χ2v) is 12.8. The molecule has 1 N–H and O–H groups in total. The van der Waals surface area contributed by atoms with Crippen molar-refractivity contribution in [2.75, 3.05) is 6.26 Å². The van der Waals surface area contributed by atoms with Crippen LogP contribution >= 0.6 is 11.8 Å². The Hall–Kier alpha value is -0.810. The molecule has 0 amide bonds. The maximum atomic E-state index is 13.4. The minimum absolute atomic E-state index is 0.167. The van der Waals surface area contributed by atoms with Crippen molar-refractivity contribution in [1.29, 1.82) is 0 Å². The largest absolute Gasteiger partial charge is 0.390 e. The molecule has 1 aromatic rings. The second kappa shape index (κ2) is 7.90. The molecule has 0 aromatic carbocycles. The van der Waals surface area contributed by atoms with Gasteiger partial charge in [-0.15, -0.1) is 11.8 Å². The van der Waals surface area contributed by atoms with Crippen LogP contribution in [0.4, 0.5) is 0 Å². The van der Waals surface area contributed by atoms with Crippen molar-refractivity contribution in [1.82, 2.24) is 9.78 Å². The van der Waals surface area contributed by atoms with E-state index >= 15 is 0 Å². The van der Waals surface area contributed by atoms with Gasteiger partial charge in [-0.3, -0.25) is 9.48 Å². The highest BCUT2D eigenvalue weighted by atomic mass is 32.2. The van der Waals surface area contributed by atoms with E-state index in [4.69, 9.17) is 0 Å². The Bertz CT molecular complexity index is 835. The number of ketones is 1. The van der Waals surface area contributed by atoms with Crippen LogP contribution in [-0.2, 0) is 11.3 Å². The van der Waals surface area contributed by atoms with E-state index in [-0.39, 0.29) is 11.3 Å². The van der Waals surface area contributed by atoms with Crippen molar-refractivity contribution in [3.63, 3.8) is 0 Å². The summed E-state index contributed by atoms with van der Waals surface area (Å²) in [5.74, 6) is 5.08. The summed E-state index contributed by atoms with van der Waals surface area (Å²) in [5, 5.41) is 15.1. The lowest BCUT2D eigenvalue weighted by Gasteiger charge is -2.58. The van der Waals surface area contributed by atoms with Crippen LogP contribution in [0.3, 0.4) is 0 Å². The number of Topliss-reactive ketones (excluding diaryl/α,β-unsaturated/α-hetero) is 1. The van der Waals surface area contributed by atoms with Gasteiger partial charge in [-0.25, -0.2) is 0 Å². The third-order valence-corrected chi connectivity index (χ3v) is 10.9. The Morgan fingerprint density at radius 2 is 1.90 bits per heavy atom. The van der Waals surface area contributed by atoms with Gasteiger partial charge in [-0.2, -0.15) is 5.10 Å². The lowest BCUT2D eigenvalue weighted by atomic mass is 9.47.